The van der Waals surface area contributed by atoms with Crippen molar-refractivity contribution >= 4 is 0 Å². The number of hydrogen-bond acceptors (Lipinski definition) is 3. The van der Waals surface area contributed by atoms with Crippen LogP contribution in [0.2, 0.25) is 0 Å². The highest BCUT2D eigenvalue weighted by Crippen LogP contribution is 2.27. The topological polar surface area (TPSA) is 28.2 Å². The van der Waals surface area contributed by atoms with E-state index in [-0.39, 0.29) is 0 Å². The molecule has 0 unspecified atom stereocenters. The van der Waals surface area contributed by atoms with Gasteiger partial charge in [0.15, 0.2) is 0 Å². The van der Waals surface area contributed by atoms with Crippen LogP contribution in [-0.4, -0.2) is 29.0 Å². The summed E-state index contributed by atoms with van der Waals surface area (Å²) >= 11 is 0. The average molecular weight is 259 g/mol. The Morgan fingerprint density at radius 3 is 2.89 bits per heavy atom. The van der Waals surface area contributed by atoms with Crippen LogP contribution in [0.1, 0.15) is 37.6 Å². The van der Waals surface area contributed by atoms with Gasteiger partial charge in [-0.2, -0.15) is 0 Å². The Labute approximate surface area is 116 Å². The lowest BCUT2D eigenvalue weighted by Crippen LogP contribution is -2.26. The number of nitrogens with zero attached hydrogens (tertiary/aromatic N) is 2. The fourth-order valence-corrected chi connectivity index (χ4v) is 2.27. The normalized spacial score (nSPS) is 14.8. The van der Waals surface area contributed by atoms with E-state index in [9.17, 15) is 0 Å². The van der Waals surface area contributed by atoms with Gasteiger partial charge in [-0.25, -0.2) is 0 Å². The van der Waals surface area contributed by atoms with Gasteiger partial charge in [0, 0.05) is 25.7 Å². The molecule has 19 heavy (non-hydrogen) atoms. The summed E-state index contributed by atoms with van der Waals surface area (Å²) < 4.78 is 0. The minimum absolute atomic E-state index is 0.752. The summed E-state index contributed by atoms with van der Waals surface area (Å²) in [5, 5.41) is 3.40. The molecule has 0 saturated heterocycles. The maximum Gasteiger partial charge on any atom is 0.0548 e. The molecule has 1 heterocycles. The van der Waals surface area contributed by atoms with Crippen LogP contribution in [0, 0.1) is 0 Å². The monoisotopic (exact) mass is 259 g/mol. The largest absolute Gasteiger partial charge is 0.311 e. The molecule has 0 amide bonds. The second kappa shape index (κ2) is 7.41. The Kier molecular flexibility index (Phi) is 5.55. The van der Waals surface area contributed by atoms with Gasteiger partial charge in [-0.15, -0.1) is 6.58 Å². The minimum Gasteiger partial charge on any atom is -0.311 e. The standard InChI is InChI=1S/C16H25N3/c1-3-10-17-12-14-6-5-7-15(18-14)13-19(11-4-2)16-8-9-16/h4-7,16-17H,2-3,8-13H2,1H3. The van der Waals surface area contributed by atoms with Crippen molar-refractivity contribution in [3.8, 4) is 0 Å². The van der Waals surface area contributed by atoms with Crippen molar-refractivity contribution in [3.05, 3.63) is 42.2 Å². The summed E-state index contributed by atoms with van der Waals surface area (Å²) in [6, 6.07) is 7.09. The van der Waals surface area contributed by atoms with Crippen LogP contribution in [0.4, 0.5) is 0 Å². The van der Waals surface area contributed by atoms with Gasteiger partial charge in [-0.1, -0.05) is 19.1 Å². The second-order valence-electron chi connectivity index (χ2n) is 5.25. The van der Waals surface area contributed by atoms with E-state index >= 15 is 0 Å². The molecule has 0 spiro atoms. The zero-order valence-electron chi connectivity index (χ0n) is 11.9. The van der Waals surface area contributed by atoms with Crippen molar-refractivity contribution < 1.29 is 0 Å². The number of pyridine rings is 1. The molecule has 0 bridgehead atoms. The quantitative estimate of drug-likeness (QED) is 0.546. The van der Waals surface area contributed by atoms with Crippen molar-refractivity contribution in [1.82, 2.24) is 15.2 Å². The van der Waals surface area contributed by atoms with Crippen LogP contribution in [0.3, 0.4) is 0 Å². The zero-order chi connectivity index (χ0) is 13.5. The van der Waals surface area contributed by atoms with Crippen molar-refractivity contribution in [3.63, 3.8) is 0 Å². The van der Waals surface area contributed by atoms with Gasteiger partial charge in [0.25, 0.3) is 0 Å². The van der Waals surface area contributed by atoms with Gasteiger partial charge in [0.05, 0.1) is 11.4 Å². The lowest BCUT2D eigenvalue weighted by molar-refractivity contribution is 0.280. The average Bonchev–Trinajstić information content (AvgIpc) is 3.23. The Morgan fingerprint density at radius 1 is 1.42 bits per heavy atom. The lowest BCUT2D eigenvalue weighted by Gasteiger charge is -2.19. The van der Waals surface area contributed by atoms with Gasteiger partial charge in [-0.3, -0.25) is 9.88 Å². The van der Waals surface area contributed by atoms with Crippen LogP contribution in [-0.2, 0) is 13.1 Å². The Hall–Kier alpha value is -1.19. The van der Waals surface area contributed by atoms with Gasteiger partial charge in [0.2, 0.25) is 0 Å². The van der Waals surface area contributed by atoms with Crippen LogP contribution in [0.25, 0.3) is 0 Å². The minimum atomic E-state index is 0.752. The second-order valence-corrected chi connectivity index (χ2v) is 5.25. The maximum absolute atomic E-state index is 4.74. The van der Waals surface area contributed by atoms with Crippen LogP contribution in [0.5, 0.6) is 0 Å². The molecule has 1 aliphatic carbocycles. The van der Waals surface area contributed by atoms with Gasteiger partial charge < -0.3 is 5.32 Å². The third kappa shape index (κ3) is 4.77. The Balaban J connectivity index is 1.91. The van der Waals surface area contributed by atoms with Crippen LogP contribution >= 0.6 is 0 Å². The van der Waals surface area contributed by atoms with Crippen molar-refractivity contribution in [2.75, 3.05) is 13.1 Å². The number of aromatic nitrogens is 1. The first-order valence-electron chi connectivity index (χ1n) is 7.34. The molecule has 1 N–H and O–H groups in total. The van der Waals surface area contributed by atoms with E-state index in [1.54, 1.807) is 0 Å². The first kappa shape index (κ1) is 14.2. The predicted octanol–water partition coefficient (Wildman–Crippen LogP) is 2.73. The highest BCUT2D eigenvalue weighted by atomic mass is 15.2. The molecule has 104 valence electrons. The maximum atomic E-state index is 4.74. The Bertz CT molecular complexity index is 399. The molecule has 0 atom stereocenters. The summed E-state index contributed by atoms with van der Waals surface area (Å²) in [6.45, 7) is 9.85. The summed E-state index contributed by atoms with van der Waals surface area (Å²) in [6.07, 6.45) is 5.80. The van der Waals surface area contributed by atoms with Crippen molar-refractivity contribution in [2.24, 2.45) is 0 Å². The summed E-state index contributed by atoms with van der Waals surface area (Å²) in [5.74, 6) is 0. The molecular weight excluding hydrogens is 234 g/mol. The molecule has 1 aliphatic rings. The fourth-order valence-electron chi connectivity index (χ4n) is 2.27. The highest BCUT2D eigenvalue weighted by Gasteiger charge is 2.28. The molecule has 1 aromatic heterocycles. The van der Waals surface area contributed by atoms with Crippen LogP contribution < -0.4 is 5.32 Å². The third-order valence-electron chi connectivity index (χ3n) is 3.39. The van der Waals surface area contributed by atoms with Gasteiger partial charge >= 0.3 is 0 Å². The third-order valence-corrected chi connectivity index (χ3v) is 3.39. The van der Waals surface area contributed by atoms with Gasteiger partial charge in [0.1, 0.15) is 0 Å². The van der Waals surface area contributed by atoms with E-state index in [0.717, 1.165) is 44.3 Å². The summed E-state index contributed by atoms with van der Waals surface area (Å²) in [5.41, 5.74) is 2.31. The molecule has 1 aromatic rings. The smallest absolute Gasteiger partial charge is 0.0548 e. The number of nitrogens with one attached hydrogen (secondary N) is 1. The van der Waals surface area contributed by atoms with E-state index in [2.05, 4.69) is 41.9 Å². The van der Waals surface area contributed by atoms with Crippen molar-refractivity contribution in [2.45, 2.75) is 45.3 Å². The molecule has 3 nitrogen and oxygen atoms in total. The molecule has 0 radical (unpaired) electrons. The number of rotatable bonds is 9. The molecule has 0 aliphatic heterocycles. The predicted molar refractivity (Wildman–Crippen MR) is 79.9 cm³/mol. The lowest BCUT2D eigenvalue weighted by atomic mass is 10.2. The Morgan fingerprint density at radius 2 is 2.21 bits per heavy atom. The summed E-state index contributed by atoms with van der Waals surface area (Å²) in [4.78, 5) is 7.21. The first-order chi connectivity index (χ1) is 9.33. The molecule has 2 rings (SSSR count). The zero-order valence-corrected chi connectivity index (χ0v) is 11.9. The van der Waals surface area contributed by atoms with E-state index in [1.165, 1.54) is 18.5 Å². The van der Waals surface area contributed by atoms with Crippen molar-refractivity contribution in [1.29, 1.82) is 0 Å². The molecular formula is C16H25N3. The number of hydrogen-bond donors (Lipinski definition) is 1. The SMILES string of the molecule is C=CCN(Cc1cccc(CNCCC)n1)C1CC1. The van der Waals surface area contributed by atoms with E-state index < -0.39 is 0 Å². The molecule has 1 fully saturated rings. The van der Waals surface area contributed by atoms with E-state index in [4.69, 9.17) is 4.98 Å². The molecule has 0 aromatic carbocycles. The molecule has 3 heteroatoms. The van der Waals surface area contributed by atoms with Crippen LogP contribution in [0.15, 0.2) is 30.9 Å². The first-order valence-corrected chi connectivity index (χ1v) is 7.34. The summed E-state index contributed by atoms with van der Waals surface area (Å²) in [7, 11) is 0. The van der Waals surface area contributed by atoms with Gasteiger partial charge in [-0.05, 0) is 37.9 Å². The van der Waals surface area contributed by atoms with E-state index in [0.29, 0.717) is 0 Å². The fraction of sp³-hybridized carbons (Fsp3) is 0.562. The molecule has 1 saturated carbocycles. The highest BCUT2D eigenvalue weighted by molar-refractivity contribution is 5.12. The van der Waals surface area contributed by atoms with E-state index in [1.807, 2.05) is 6.08 Å².